The lowest BCUT2D eigenvalue weighted by atomic mass is 9.95. The number of ether oxygens (including phenoxy) is 2. The molecule has 2 fully saturated rings. The van der Waals surface area contributed by atoms with Gasteiger partial charge in [0.05, 0.1) is 50.1 Å². The summed E-state index contributed by atoms with van der Waals surface area (Å²) in [6.45, 7) is 12.5. The molecule has 16 heteroatoms. The number of hydrogen-bond donors (Lipinski definition) is 4. The Morgan fingerprint density at radius 3 is 1.56 bits per heavy atom. The lowest BCUT2D eigenvalue weighted by Gasteiger charge is -2.30. The second-order valence-corrected chi connectivity index (χ2v) is 17.0. The minimum atomic E-state index is -0.729. The Morgan fingerprint density at radius 1 is 0.661 bits per heavy atom. The Morgan fingerprint density at radius 2 is 1.08 bits per heavy atom. The Hall–Kier alpha value is -6.58. The van der Waals surface area contributed by atoms with Crippen molar-refractivity contribution in [1.82, 2.24) is 40.4 Å². The van der Waals surface area contributed by atoms with Gasteiger partial charge in [-0.1, -0.05) is 39.8 Å². The van der Waals surface area contributed by atoms with Crippen LogP contribution in [0.25, 0.3) is 55.6 Å². The van der Waals surface area contributed by atoms with Crippen molar-refractivity contribution in [2.75, 3.05) is 27.3 Å². The number of carbonyl (C=O) groups excluding carboxylic acids is 4. The normalized spacial score (nSPS) is 17.6. The van der Waals surface area contributed by atoms with Crippen molar-refractivity contribution < 1.29 is 37.5 Å². The van der Waals surface area contributed by atoms with E-state index in [2.05, 4.69) is 38.8 Å². The van der Waals surface area contributed by atoms with Crippen molar-refractivity contribution in [3.8, 4) is 33.6 Å². The summed E-state index contributed by atoms with van der Waals surface area (Å²) in [6.07, 6.45) is 5.39. The van der Waals surface area contributed by atoms with Crippen LogP contribution in [0.1, 0.15) is 88.6 Å². The lowest BCUT2D eigenvalue weighted by molar-refractivity contribution is -0.136. The molecule has 4 aromatic heterocycles. The first-order chi connectivity index (χ1) is 29.8. The molecule has 2 aliphatic heterocycles. The van der Waals surface area contributed by atoms with Crippen molar-refractivity contribution in [3.05, 3.63) is 72.0 Å². The number of hydrogen-bond acceptors (Lipinski definition) is 10. The van der Waals surface area contributed by atoms with Gasteiger partial charge in [-0.05, 0) is 81.2 Å². The fourth-order valence-corrected chi connectivity index (χ4v) is 9.06. The highest BCUT2D eigenvalue weighted by Gasteiger charge is 2.39. The number of aromatic amines is 2. The third kappa shape index (κ3) is 7.77. The molecule has 4 amide bonds. The van der Waals surface area contributed by atoms with Gasteiger partial charge in [-0.25, -0.2) is 19.6 Å². The van der Waals surface area contributed by atoms with Crippen LogP contribution in [0.3, 0.4) is 0 Å². The predicted octanol–water partition coefficient (Wildman–Crippen LogP) is 8.33. The highest BCUT2D eigenvalue weighted by molar-refractivity contribution is 6.09. The lowest BCUT2D eigenvalue weighted by Crippen LogP contribution is -2.51. The second-order valence-electron chi connectivity index (χ2n) is 17.0. The summed E-state index contributed by atoms with van der Waals surface area (Å²) in [5.74, 6) is 2.23. The SMILES string of the molecule is COC(=O)N[C@H](C(=O)N1CCC[C@H]1c1ncc(-c2ccc(-c3ccc(-c4cnc([C@@H]5CCCN5C(=O)[C@@H](NC(=O)OC)C(C)C)[nH]4)c4oc(C)cc34)c3oc(C)cc23)[nH]1)C(C)C. The first-order valence-corrected chi connectivity index (χ1v) is 21.2. The van der Waals surface area contributed by atoms with Crippen LogP contribution in [-0.2, 0) is 19.1 Å². The number of alkyl carbamates (subject to hydrolysis) is 2. The Bertz CT molecular complexity index is 2470. The van der Waals surface area contributed by atoms with Crippen LogP contribution in [0.4, 0.5) is 9.59 Å². The number of fused-ring (bicyclic) bond motifs is 2. The van der Waals surface area contributed by atoms with Crippen LogP contribution in [0.2, 0.25) is 0 Å². The number of aryl methyl sites for hydroxylation is 2. The summed E-state index contributed by atoms with van der Waals surface area (Å²) >= 11 is 0. The molecule has 16 nitrogen and oxygen atoms in total. The van der Waals surface area contributed by atoms with E-state index in [1.807, 2.05) is 59.7 Å². The summed E-state index contributed by atoms with van der Waals surface area (Å²) in [6, 6.07) is 10.2. The van der Waals surface area contributed by atoms with E-state index < -0.39 is 24.3 Å². The van der Waals surface area contributed by atoms with Gasteiger partial charge in [0.25, 0.3) is 0 Å². The fourth-order valence-electron chi connectivity index (χ4n) is 9.06. The largest absolute Gasteiger partial charge is 0.461 e. The number of likely N-dealkylation sites (tertiary alicyclic amines) is 2. The molecule has 4 N–H and O–H groups in total. The molecule has 326 valence electrons. The minimum absolute atomic E-state index is 0.137. The second kappa shape index (κ2) is 17.1. The van der Waals surface area contributed by atoms with Gasteiger partial charge in [0.1, 0.15) is 46.4 Å². The van der Waals surface area contributed by atoms with E-state index in [1.165, 1.54) is 14.2 Å². The molecule has 2 aromatic carbocycles. The maximum Gasteiger partial charge on any atom is 0.407 e. The van der Waals surface area contributed by atoms with Gasteiger partial charge in [0, 0.05) is 40.6 Å². The monoisotopic (exact) mass is 846 g/mol. The zero-order valence-corrected chi connectivity index (χ0v) is 36.4. The van der Waals surface area contributed by atoms with Gasteiger partial charge in [0.15, 0.2) is 0 Å². The van der Waals surface area contributed by atoms with E-state index in [0.29, 0.717) is 35.9 Å². The average Bonchev–Trinajstić information content (AvgIpc) is 4.11. The van der Waals surface area contributed by atoms with Crippen molar-refractivity contribution in [2.45, 2.75) is 91.4 Å². The first-order valence-electron chi connectivity index (χ1n) is 21.2. The van der Waals surface area contributed by atoms with Crippen LogP contribution in [0.5, 0.6) is 0 Å². The van der Waals surface area contributed by atoms with Gasteiger partial charge in [-0.2, -0.15) is 0 Å². The van der Waals surface area contributed by atoms with Gasteiger partial charge in [-0.3, -0.25) is 9.59 Å². The average molecular weight is 847 g/mol. The van der Waals surface area contributed by atoms with Gasteiger partial charge in [0.2, 0.25) is 11.8 Å². The molecular weight excluding hydrogens is 793 g/mol. The summed E-state index contributed by atoms with van der Waals surface area (Å²) in [5, 5.41) is 7.23. The van der Waals surface area contributed by atoms with Crippen LogP contribution < -0.4 is 10.6 Å². The van der Waals surface area contributed by atoms with Crippen LogP contribution in [0.15, 0.2) is 57.6 Å². The number of methoxy groups -OCH3 is 2. The number of rotatable bonds is 11. The highest BCUT2D eigenvalue weighted by Crippen LogP contribution is 2.43. The summed E-state index contributed by atoms with van der Waals surface area (Å²) in [5.41, 5.74) is 6.51. The topological polar surface area (TPSA) is 201 Å². The summed E-state index contributed by atoms with van der Waals surface area (Å²) in [7, 11) is 2.57. The fraction of sp³-hybridized carbons (Fsp3) is 0.435. The zero-order valence-electron chi connectivity index (χ0n) is 36.4. The molecule has 0 bridgehead atoms. The molecule has 62 heavy (non-hydrogen) atoms. The molecule has 2 saturated heterocycles. The maximum atomic E-state index is 13.8. The van der Waals surface area contributed by atoms with Crippen molar-refractivity contribution >= 4 is 45.9 Å². The first kappa shape index (κ1) is 42.1. The smallest absolute Gasteiger partial charge is 0.407 e. The van der Waals surface area contributed by atoms with E-state index in [1.54, 1.807) is 22.2 Å². The van der Waals surface area contributed by atoms with E-state index in [0.717, 1.165) is 81.6 Å². The summed E-state index contributed by atoms with van der Waals surface area (Å²) < 4.78 is 22.4. The number of carbonyl (C=O) groups is 4. The number of nitrogens with one attached hydrogen (secondary N) is 4. The molecule has 4 atom stereocenters. The van der Waals surface area contributed by atoms with E-state index in [4.69, 9.17) is 28.3 Å². The van der Waals surface area contributed by atoms with Crippen LogP contribution in [0, 0.1) is 25.7 Å². The van der Waals surface area contributed by atoms with Gasteiger partial charge >= 0.3 is 12.2 Å². The highest BCUT2D eigenvalue weighted by atomic mass is 16.5. The zero-order chi connectivity index (χ0) is 44.0. The van der Waals surface area contributed by atoms with E-state index >= 15 is 0 Å². The maximum absolute atomic E-state index is 13.8. The molecular formula is C46H54N8O8. The Labute approximate surface area is 359 Å². The molecule has 0 spiro atoms. The standard InChI is InChI=1S/C46H54N8O8/c1-23(2)37(51-45(57)59-7)43(55)53-17-9-11-35(53)41-47-21-33(49-41)28-14-15-29(39-32(28)20-26(6)61-39)27-13-16-30(40-31(27)19-25(5)62-40)34-22-48-42(50-34)36-12-10-18-54(36)44(56)38(24(3)4)52-46(58)60-8/h13-16,19-24,35-38H,9-12,17-18H2,1-8H3,(H,47,49)(H,48,50)(H,51,57)(H,52,58)/t35-,36-,37-,38-/m0/s1. The molecule has 2 aliphatic rings. The number of imidazole rings is 2. The van der Waals surface area contributed by atoms with Gasteiger partial charge < -0.3 is 48.7 Å². The third-order valence-corrected chi connectivity index (χ3v) is 12.2. The van der Waals surface area contributed by atoms with E-state index in [9.17, 15) is 19.2 Å². The number of furan rings is 2. The minimum Gasteiger partial charge on any atom is -0.461 e. The number of amides is 4. The number of nitrogens with zero attached hydrogens (tertiary/aromatic N) is 4. The van der Waals surface area contributed by atoms with E-state index in [-0.39, 0.29) is 35.7 Å². The Balaban J connectivity index is 1.08. The summed E-state index contributed by atoms with van der Waals surface area (Å²) in [4.78, 5) is 71.9. The molecule has 0 saturated carbocycles. The predicted molar refractivity (Wildman–Crippen MR) is 232 cm³/mol. The molecule has 6 aromatic rings. The number of benzene rings is 2. The third-order valence-electron chi connectivity index (χ3n) is 12.2. The number of aromatic nitrogens is 4. The van der Waals surface area contributed by atoms with Crippen LogP contribution in [-0.4, -0.2) is 93.1 Å². The quantitative estimate of drug-likeness (QED) is 0.0982. The number of H-pyrrole nitrogens is 2. The van der Waals surface area contributed by atoms with Crippen molar-refractivity contribution in [3.63, 3.8) is 0 Å². The van der Waals surface area contributed by atoms with Crippen molar-refractivity contribution in [2.24, 2.45) is 11.8 Å². The molecule has 6 heterocycles. The molecule has 0 unspecified atom stereocenters. The molecule has 0 radical (unpaired) electrons. The Kier molecular flexibility index (Phi) is 11.6. The molecule has 8 rings (SSSR count). The van der Waals surface area contributed by atoms with Crippen LogP contribution >= 0.6 is 0 Å². The van der Waals surface area contributed by atoms with Gasteiger partial charge in [-0.15, -0.1) is 0 Å². The molecule has 0 aliphatic carbocycles. The van der Waals surface area contributed by atoms with Crippen molar-refractivity contribution in [1.29, 1.82) is 0 Å².